The molecule has 7 nitrogen and oxygen atoms in total. The van der Waals surface area contributed by atoms with Crippen molar-refractivity contribution in [1.82, 2.24) is 16.2 Å². The van der Waals surface area contributed by atoms with Gasteiger partial charge in [-0.15, -0.1) is 15.7 Å². The molecule has 0 saturated heterocycles. The predicted molar refractivity (Wildman–Crippen MR) is 89.9 cm³/mol. The zero-order valence-corrected chi connectivity index (χ0v) is 13.3. The second kappa shape index (κ2) is 5.58. The second-order valence-electron chi connectivity index (χ2n) is 6.20. The number of amidine groups is 2. The van der Waals surface area contributed by atoms with Crippen LogP contribution in [0.25, 0.3) is 0 Å². The molecule has 2 N–H and O–H groups in total. The van der Waals surface area contributed by atoms with Gasteiger partial charge in [0.1, 0.15) is 12.4 Å². The zero-order valence-electron chi connectivity index (χ0n) is 13.3. The number of anilines is 1. The van der Waals surface area contributed by atoms with Crippen molar-refractivity contribution in [3.8, 4) is 5.75 Å². The van der Waals surface area contributed by atoms with E-state index in [9.17, 15) is 0 Å². The van der Waals surface area contributed by atoms with E-state index < -0.39 is 0 Å². The summed E-state index contributed by atoms with van der Waals surface area (Å²) < 4.78 is 5.87. The fraction of sp³-hybridized carbons (Fsp3) is 0.375. The van der Waals surface area contributed by atoms with Crippen LogP contribution in [0, 0.1) is 5.92 Å². The Hall–Kier alpha value is -2.54. The van der Waals surface area contributed by atoms with E-state index in [0.29, 0.717) is 12.5 Å². The SMILES string of the molecule is CC(C)Cc1ccc2c(c1)OCCN2C1=NN2NNN=C2C=C1. The van der Waals surface area contributed by atoms with E-state index in [1.165, 1.54) is 5.56 Å². The molecule has 0 saturated carbocycles. The van der Waals surface area contributed by atoms with Gasteiger partial charge in [0.25, 0.3) is 0 Å². The fourth-order valence-corrected chi connectivity index (χ4v) is 2.95. The highest BCUT2D eigenvalue weighted by Crippen LogP contribution is 2.34. The highest BCUT2D eigenvalue weighted by molar-refractivity contribution is 6.12. The Morgan fingerprint density at radius 3 is 3.00 bits per heavy atom. The summed E-state index contributed by atoms with van der Waals surface area (Å²) >= 11 is 0. The minimum atomic E-state index is 0.629. The van der Waals surface area contributed by atoms with Crippen LogP contribution in [0.3, 0.4) is 0 Å². The Morgan fingerprint density at radius 2 is 2.13 bits per heavy atom. The lowest BCUT2D eigenvalue weighted by molar-refractivity contribution is 0.302. The highest BCUT2D eigenvalue weighted by atomic mass is 16.5. The van der Waals surface area contributed by atoms with Crippen molar-refractivity contribution >= 4 is 17.4 Å². The van der Waals surface area contributed by atoms with Gasteiger partial charge in [-0.05, 0) is 42.2 Å². The molecule has 1 aromatic carbocycles. The molecule has 1 aromatic rings. The second-order valence-corrected chi connectivity index (χ2v) is 6.20. The number of benzene rings is 1. The van der Waals surface area contributed by atoms with Gasteiger partial charge in [-0.2, -0.15) is 5.12 Å². The van der Waals surface area contributed by atoms with E-state index in [1.807, 2.05) is 12.2 Å². The van der Waals surface area contributed by atoms with Gasteiger partial charge in [-0.25, -0.2) is 5.53 Å². The van der Waals surface area contributed by atoms with Gasteiger partial charge >= 0.3 is 0 Å². The van der Waals surface area contributed by atoms with Crippen molar-refractivity contribution in [3.63, 3.8) is 0 Å². The summed E-state index contributed by atoms with van der Waals surface area (Å²) in [6.45, 7) is 5.87. The third kappa shape index (κ3) is 2.63. The monoisotopic (exact) mass is 312 g/mol. The van der Waals surface area contributed by atoms with Crippen LogP contribution in [-0.2, 0) is 6.42 Å². The fourth-order valence-electron chi connectivity index (χ4n) is 2.95. The van der Waals surface area contributed by atoms with Crippen LogP contribution in [0.1, 0.15) is 19.4 Å². The Bertz CT molecular complexity index is 709. The number of hydrogen-bond acceptors (Lipinski definition) is 7. The van der Waals surface area contributed by atoms with Crippen LogP contribution < -0.4 is 20.7 Å². The molecule has 0 fully saturated rings. The maximum Gasteiger partial charge on any atom is 0.189 e. The Kier molecular flexibility index (Phi) is 3.42. The molecular formula is C16H20N6O. The summed E-state index contributed by atoms with van der Waals surface area (Å²) in [4.78, 5) is 2.17. The minimum Gasteiger partial charge on any atom is -0.490 e. The maximum absolute atomic E-state index is 5.87. The summed E-state index contributed by atoms with van der Waals surface area (Å²) in [6, 6.07) is 6.45. The van der Waals surface area contributed by atoms with Gasteiger partial charge in [0, 0.05) is 0 Å². The molecule has 3 aliphatic heterocycles. The van der Waals surface area contributed by atoms with Crippen LogP contribution in [-0.4, -0.2) is 29.9 Å². The smallest absolute Gasteiger partial charge is 0.189 e. The first-order valence-electron chi connectivity index (χ1n) is 7.89. The van der Waals surface area contributed by atoms with Crippen molar-refractivity contribution in [2.24, 2.45) is 16.1 Å². The summed E-state index contributed by atoms with van der Waals surface area (Å²) in [6.07, 6.45) is 4.96. The van der Waals surface area contributed by atoms with E-state index in [4.69, 9.17) is 4.74 Å². The van der Waals surface area contributed by atoms with Crippen LogP contribution in [0.4, 0.5) is 5.69 Å². The number of hydrazone groups is 2. The van der Waals surface area contributed by atoms with E-state index >= 15 is 0 Å². The first-order valence-corrected chi connectivity index (χ1v) is 7.89. The number of nitrogens with one attached hydrogen (secondary N) is 2. The summed E-state index contributed by atoms with van der Waals surface area (Å²) in [5, 5.41) is 10.3. The summed E-state index contributed by atoms with van der Waals surface area (Å²) in [5.41, 5.74) is 7.92. The largest absolute Gasteiger partial charge is 0.490 e. The lowest BCUT2D eigenvalue weighted by atomic mass is 10.0. The molecule has 0 unspecified atom stereocenters. The van der Waals surface area contributed by atoms with Gasteiger partial charge in [-0.1, -0.05) is 19.9 Å². The first-order chi connectivity index (χ1) is 11.2. The van der Waals surface area contributed by atoms with Crippen LogP contribution in [0.5, 0.6) is 5.75 Å². The number of hydrazine groups is 2. The molecule has 0 atom stereocenters. The molecule has 0 aliphatic carbocycles. The standard InChI is InChI=1S/C16H20N6O/c1-11(2)9-12-3-4-13-14(10-12)23-8-7-21(13)16-6-5-15-17-19-20-22(15)18-16/h3-6,10-11,19-20H,7-9H2,1-2H3. The average Bonchev–Trinajstić information content (AvgIpc) is 3.01. The lowest BCUT2D eigenvalue weighted by Crippen LogP contribution is -2.44. The topological polar surface area (TPSA) is 64.5 Å². The average molecular weight is 312 g/mol. The number of hydrogen-bond donors (Lipinski definition) is 2. The lowest BCUT2D eigenvalue weighted by Gasteiger charge is -2.32. The Labute approximate surface area is 135 Å². The number of ether oxygens (including phenoxy) is 1. The molecule has 120 valence electrons. The predicted octanol–water partition coefficient (Wildman–Crippen LogP) is 1.61. The van der Waals surface area contributed by atoms with Crippen molar-refractivity contribution in [2.75, 3.05) is 18.1 Å². The zero-order chi connectivity index (χ0) is 15.8. The Morgan fingerprint density at radius 1 is 1.26 bits per heavy atom. The molecule has 7 heteroatoms. The molecule has 0 aromatic heterocycles. The van der Waals surface area contributed by atoms with Crippen LogP contribution >= 0.6 is 0 Å². The van der Waals surface area contributed by atoms with E-state index in [2.05, 4.69) is 58.2 Å². The van der Waals surface area contributed by atoms with Crippen LogP contribution in [0.2, 0.25) is 0 Å². The number of rotatable bonds is 2. The molecule has 0 spiro atoms. The quantitative estimate of drug-likeness (QED) is 0.868. The summed E-state index contributed by atoms with van der Waals surface area (Å²) in [7, 11) is 0. The molecule has 0 radical (unpaired) electrons. The van der Waals surface area contributed by atoms with Gasteiger partial charge in [0.2, 0.25) is 0 Å². The Balaban J connectivity index is 1.63. The van der Waals surface area contributed by atoms with Crippen molar-refractivity contribution < 1.29 is 4.74 Å². The van der Waals surface area contributed by atoms with Crippen molar-refractivity contribution in [3.05, 3.63) is 35.9 Å². The third-order valence-corrected chi connectivity index (χ3v) is 3.94. The van der Waals surface area contributed by atoms with Gasteiger partial charge in [0.15, 0.2) is 11.7 Å². The van der Waals surface area contributed by atoms with Crippen molar-refractivity contribution in [2.45, 2.75) is 20.3 Å². The minimum absolute atomic E-state index is 0.629. The molecule has 3 aliphatic rings. The molecule has 0 bridgehead atoms. The van der Waals surface area contributed by atoms with E-state index in [1.54, 1.807) is 5.12 Å². The van der Waals surface area contributed by atoms with E-state index in [-0.39, 0.29) is 0 Å². The number of fused-ring (bicyclic) bond motifs is 2. The van der Waals surface area contributed by atoms with Gasteiger partial charge < -0.3 is 9.64 Å². The van der Waals surface area contributed by atoms with Gasteiger partial charge in [0.05, 0.1) is 12.2 Å². The molecule has 3 heterocycles. The maximum atomic E-state index is 5.87. The van der Waals surface area contributed by atoms with Crippen molar-refractivity contribution in [1.29, 1.82) is 0 Å². The first kappa shape index (κ1) is 14.1. The number of nitrogens with zero attached hydrogens (tertiary/aromatic N) is 4. The molecule has 4 rings (SSSR count). The normalized spacial score (nSPS) is 18.9. The highest BCUT2D eigenvalue weighted by Gasteiger charge is 2.26. The molecule has 0 amide bonds. The summed E-state index contributed by atoms with van der Waals surface area (Å²) in [5.74, 6) is 3.16. The molecular weight excluding hydrogens is 292 g/mol. The molecule has 23 heavy (non-hydrogen) atoms. The third-order valence-electron chi connectivity index (χ3n) is 3.94. The van der Waals surface area contributed by atoms with E-state index in [0.717, 1.165) is 36.1 Å². The van der Waals surface area contributed by atoms with Crippen LogP contribution in [0.15, 0.2) is 40.6 Å². The van der Waals surface area contributed by atoms with Gasteiger partial charge in [-0.3, -0.25) is 0 Å².